The summed E-state index contributed by atoms with van der Waals surface area (Å²) in [6.45, 7) is 6.81. The lowest BCUT2D eigenvalue weighted by atomic mass is 10.0. The normalized spacial score (nSPS) is 17.9. The molecule has 2 rings (SSSR count). The first-order valence-electron chi connectivity index (χ1n) is 8.55. The molecule has 128 valence electrons. The Morgan fingerprint density at radius 1 is 1.26 bits per heavy atom. The Bertz CT molecular complexity index is 501. The van der Waals surface area contributed by atoms with Gasteiger partial charge in [-0.15, -0.1) is 0 Å². The van der Waals surface area contributed by atoms with E-state index in [1.165, 1.54) is 0 Å². The fraction of sp³-hybridized carbons (Fsp3) is 0.611. The lowest BCUT2D eigenvalue weighted by molar-refractivity contribution is -0.121. The molecule has 1 fully saturated rings. The molecule has 1 unspecified atom stereocenters. The molecule has 1 heterocycles. The molecule has 1 atom stereocenters. The monoisotopic (exact) mass is 337 g/mol. The highest BCUT2D eigenvalue weighted by Gasteiger charge is 2.25. The molecular formula is C18H28ClN3O. The Morgan fingerprint density at radius 2 is 1.96 bits per heavy atom. The molecule has 0 aliphatic carbocycles. The predicted molar refractivity (Wildman–Crippen MR) is 95.8 cm³/mol. The summed E-state index contributed by atoms with van der Waals surface area (Å²) < 4.78 is 0. The number of hydrogen-bond donors (Lipinski definition) is 1. The summed E-state index contributed by atoms with van der Waals surface area (Å²) in [6.07, 6.45) is 2.59. The van der Waals surface area contributed by atoms with Gasteiger partial charge in [-0.05, 0) is 25.1 Å². The molecule has 0 radical (unpaired) electrons. The van der Waals surface area contributed by atoms with Crippen LogP contribution in [0.3, 0.4) is 0 Å². The average Bonchev–Trinajstić information content (AvgIpc) is 2.56. The van der Waals surface area contributed by atoms with E-state index in [0.717, 1.165) is 49.6 Å². The van der Waals surface area contributed by atoms with Crippen LogP contribution in [-0.2, 0) is 4.79 Å². The van der Waals surface area contributed by atoms with E-state index in [4.69, 9.17) is 11.6 Å². The number of hydrogen-bond acceptors (Lipinski definition) is 3. The first-order valence-corrected chi connectivity index (χ1v) is 8.93. The van der Waals surface area contributed by atoms with Crippen molar-refractivity contribution < 1.29 is 4.79 Å². The Hall–Kier alpha value is -1.10. The number of nitrogens with zero attached hydrogens (tertiary/aromatic N) is 2. The molecule has 4 nitrogen and oxygen atoms in total. The van der Waals surface area contributed by atoms with Crippen molar-refractivity contribution in [3.8, 4) is 0 Å². The fourth-order valence-corrected chi connectivity index (χ4v) is 3.21. The number of nitrogens with one attached hydrogen (secondary N) is 1. The Morgan fingerprint density at radius 3 is 2.61 bits per heavy atom. The number of unbranched alkanes of at least 4 members (excludes halogenated alkanes) is 1. The molecule has 0 spiro atoms. The van der Waals surface area contributed by atoms with Crippen molar-refractivity contribution in [3.63, 3.8) is 0 Å². The summed E-state index contributed by atoms with van der Waals surface area (Å²) in [4.78, 5) is 16.8. The van der Waals surface area contributed by atoms with Gasteiger partial charge in [-0.2, -0.15) is 0 Å². The van der Waals surface area contributed by atoms with Crippen molar-refractivity contribution in [1.29, 1.82) is 0 Å². The molecule has 0 bridgehead atoms. The van der Waals surface area contributed by atoms with E-state index in [1.807, 2.05) is 18.2 Å². The Labute approximate surface area is 144 Å². The molecule has 23 heavy (non-hydrogen) atoms. The van der Waals surface area contributed by atoms with Gasteiger partial charge in [-0.25, -0.2) is 0 Å². The standard InChI is InChI=1S/C18H28ClN3O/c1-3-4-9-18(23)20-14-17(15-7-5-6-8-16(15)19)22-12-10-21(2)11-13-22/h5-8,17H,3-4,9-14H2,1-2H3,(H,20,23). The molecule has 1 amide bonds. The molecule has 0 aromatic heterocycles. The predicted octanol–water partition coefficient (Wildman–Crippen LogP) is 2.93. The third-order valence-corrected chi connectivity index (χ3v) is 4.84. The average molecular weight is 338 g/mol. The maximum atomic E-state index is 12.0. The van der Waals surface area contributed by atoms with Gasteiger partial charge in [-0.3, -0.25) is 9.69 Å². The van der Waals surface area contributed by atoms with Crippen LogP contribution in [0.4, 0.5) is 0 Å². The first kappa shape index (κ1) is 18.2. The topological polar surface area (TPSA) is 35.6 Å². The summed E-state index contributed by atoms with van der Waals surface area (Å²) in [7, 11) is 2.15. The van der Waals surface area contributed by atoms with E-state index in [2.05, 4.69) is 35.2 Å². The largest absolute Gasteiger partial charge is 0.354 e. The van der Waals surface area contributed by atoms with Crippen LogP contribution in [0.5, 0.6) is 0 Å². The molecule has 1 N–H and O–H groups in total. The van der Waals surface area contributed by atoms with E-state index >= 15 is 0 Å². The van der Waals surface area contributed by atoms with Crippen molar-refractivity contribution in [1.82, 2.24) is 15.1 Å². The molecule has 1 aromatic carbocycles. The van der Waals surface area contributed by atoms with Gasteiger partial charge in [0.1, 0.15) is 0 Å². The summed E-state index contributed by atoms with van der Waals surface area (Å²) in [5, 5.41) is 3.88. The van der Waals surface area contributed by atoms with E-state index in [9.17, 15) is 4.79 Å². The lowest BCUT2D eigenvalue weighted by Crippen LogP contribution is -2.48. The zero-order valence-electron chi connectivity index (χ0n) is 14.2. The number of likely N-dealkylation sites (N-methyl/N-ethyl adjacent to an activating group) is 1. The van der Waals surface area contributed by atoms with Gasteiger partial charge in [0.25, 0.3) is 0 Å². The number of rotatable bonds is 7. The van der Waals surface area contributed by atoms with Gasteiger partial charge in [0.15, 0.2) is 0 Å². The Balaban J connectivity index is 2.05. The molecule has 0 saturated carbocycles. The molecule has 1 aliphatic heterocycles. The molecule has 5 heteroatoms. The van der Waals surface area contributed by atoms with Crippen LogP contribution in [0.2, 0.25) is 5.02 Å². The SMILES string of the molecule is CCCCC(=O)NCC(c1ccccc1Cl)N1CCN(C)CC1. The van der Waals surface area contributed by atoms with E-state index in [1.54, 1.807) is 0 Å². The van der Waals surface area contributed by atoms with Gasteiger partial charge in [0.05, 0.1) is 6.04 Å². The van der Waals surface area contributed by atoms with Gasteiger partial charge < -0.3 is 10.2 Å². The number of carbonyl (C=O) groups excluding carboxylic acids is 1. The highest BCUT2D eigenvalue weighted by molar-refractivity contribution is 6.31. The minimum absolute atomic E-state index is 0.137. The molecule has 1 aliphatic rings. The van der Waals surface area contributed by atoms with Gasteiger partial charge in [0, 0.05) is 44.2 Å². The van der Waals surface area contributed by atoms with Crippen molar-refractivity contribution in [2.75, 3.05) is 39.8 Å². The third-order valence-electron chi connectivity index (χ3n) is 4.49. The quantitative estimate of drug-likeness (QED) is 0.831. The number of carbonyl (C=O) groups is 1. The number of amides is 1. The third kappa shape index (κ3) is 5.48. The van der Waals surface area contributed by atoms with Crippen LogP contribution in [0, 0.1) is 0 Å². The highest BCUT2D eigenvalue weighted by Crippen LogP contribution is 2.27. The smallest absolute Gasteiger partial charge is 0.220 e. The highest BCUT2D eigenvalue weighted by atomic mass is 35.5. The van der Waals surface area contributed by atoms with Gasteiger partial charge in [-0.1, -0.05) is 43.1 Å². The zero-order valence-corrected chi connectivity index (χ0v) is 15.0. The molecular weight excluding hydrogens is 310 g/mol. The van der Waals surface area contributed by atoms with Crippen molar-refractivity contribution in [2.45, 2.75) is 32.2 Å². The first-order chi connectivity index (χ1) is 11.1. The Kier molecular flexibility index (Phi) is 7.34. The minimum atomic E-state index is 0.137. The van der Waals surface area contributed by atoms with Crippen molar-refractivity contribution >= 4 is 17.5 Å². The van der Waals surface area contributed by atoms with Crippen LogP contribution < -0.4 is 5.32 Å². The van der Waals surface area contributed by atoms with E-state index in [0.29, 0.717) is 13.0 Å². The van der Waals surface area contributed by atoms with Gasteiger partial charge in [0.2, 0.25) is 5.91 Å². The fourth-order valence-electron chi connectivity index (χ4n) is 2.95. The maximum Gasteiger partial charge on any atom is 0.220 e. The summed E-state index contributed by atoms with van der Waals surface area (Å²) in [6, 6.07) is 8.11. The molecule has 1 saturated heterocycles. The van der Waals surface area contributed by atoms with Crippen LogP contribution in [0.1, 0.15) is 37.8 Å². The maximum absolute atomic E-state index is 12.0. The molecule has 1 aromatic rings. The lowest BCUT2D eigenvalue weighted by Gasteiger charge is -2.38. The summed E-state index contributed by atoms with van der Waals surface area (Å²) in [5.74, 6) is 0.137. The van der Waals surface area contributed by atoms with Crippen LogP contribution in [0.15, 0.2) is 24.3 Å². The van der Waals surface area contributed by atoms with E-state index < -0.39 is 0 Å². The zero-order chi connectivity index (χ0) is 16.7. The van der Waals surface area contributed by atoms with Crippen molar-refractivity contribution in [2.24, 2.45) is 0 Å². The number of halogens is 1. The van der Waals surface area contributed by atoms with Crippen LogP contribution in [-0.4, -0.2) is 55.5 Å². The second-order valence-corrected chi connectivity index (χ2v) is 6.69. The van der Waals surface area contributed by atoms with Gasteiger partial charge >= 0.3 is 0 Å². The summed E-state index contributed by atoms with van der Waals surface area (Å²) in [5.41, 5.74) is 1.11. The summed E-state index contributed by atoms with van der Waals surface area (Å²) >= 11 is 6.42. The number of piperazine rings is 1. The van der Waals surface area contributed by atoms with Crippen molar-refractivity contribution in [3.05, 3.63) is 34.9 Å². The van der Waals surface area contributed by atoms with E-state index in [-0.39, 0.29) is 11.9 Å². The van der Waals surface area contributed by atoms with Crippen LogP contribution in [0.25, 0.3) is 0 Å². The van der Waals surface area contributed by atoms with Crippen LogP contribution >= 0.6 is 11.6 Å². The second-order valence-electron chi connectivity index (χ2n) is 6.28. The number of benzene rings is 1. The second kappa shape index (κ2) is 9.26. The minimum Gasteiger partial charge on any atom is -0.354 e.